The lowest BCUT2D eigenvalue weighted by atomic mass is 10.0. The zero-order valence-electron chi connectivity index (χ0n) is 10.0. The molecule has 0 unspecified atom stereocenters. The summed E-state index contributed by atoms with van der Waals surface area (Å²) in [5, 5.41) is 0.690. The molecule has 2 aromatic carbocycles. The molecule has 0 aliphatic rings. The molecule has 0 heterocycles. The second-order valence-corrected chi connectivity index (χ2v) is 6.31. The summed E-state index contributed by atoms with van der Waals surface area (Å²) in [4.78, 5) is 17.6. The fraction of sp³-hybridized carbons (Fsp3) is 0.0714. The van der Waals surface area contributed by atoms with E-state index >= 15 is 0 Å². The van der Waals surface area contributed by atoms with Gasteiger partial charge in [0.15, 0.2) is 0 Å². The summed E-state index contributed by atoms with van der Waals surface area (Å²) < 4.78 is 10.8. The van der Waals surface area contributed by atoms with Crippen molar-refractivity contribution in [3.05, 3.63) is 65.5 Å². The molecular formula is C14H13ClO3P. The summed E-state index contributed by atoms with van der Waals surface area (Å²) in [6.45, 7) is 0. The SMILES string of the molecule is O=P(O)(O)C[CH]c1ccc(-c2ccc(Cl)cc2)cc1. The molecule has 2 N–H and O–H groups in total. The van der Waals surface area contributed by atoms with Gasteiger partial charge in [0.25, 0.3) is 0 Å². The first kappa shape index (κ1) is 14.3. The molecule has 99 valence electrons. The molecule has 0 bridgehead atoms. The summed E-state index contributed by atoms with van der Waals surface area (Å²) in [6, 6.07) is 15.0. The van der Waals surface area contributed by atoms with E-state index < -0.39 is 7.60 Å². The molecule has 0 amide bonds. The van der Waals surface area contributed by atoms with E-state index in [0.717, 1.165) is 16.7 Å². The minimum Gasteiger partial charge on any atom is -0.324 e. The zero-order valence-corrected chi connectivity index (χ0v) is 11.7. The van der Waals surface area contributed by atoms with Crippen LogP contribution in [-0.2, 0) is 4.57 Å². The Kier molecular flexibility index (Phi) is 4.43. The standard InChI is InChI=1S/C14H13ClO3P/c15-14-7-5-13(6-8-14)12-3-1-11(2-4-12)9-10-19(16,17)18/h1-9H,10H2,(H2,16,17,18). The van der Waals surface area contributed by atoms with Crippen LogP contribution in [0.3, 0.4) is 0 Å². The monoisotopic (exact) mass is 295 g/mol. The lowest BCUT2D eigenvalue weighted by molar-refractivity contribution is 0.376. The topological polar surface area (TPSA) is 57.5 Å². The van der Waals surface area contributed by atoms with Crippen LogP contribution >= 0.6 is 19.2 Å². The van der Waals surface area contributed by atoms with E-state index in [1.807, 2.05) is 48.5 Å². The number of hydrogen-bond donors (Lipinski definition) is 2. The van der Waals surface area contributed by atoms with Crippen LogP contribution in [0.4, 0.5) is 0 Å². The maximum absolute atomic E-state index is 10.8. The molecule has 19 heavy (non-hydrogen) atoms. The van der Waals surface area contributed by atoms with Crippen molar-refractivity contribution in [2.45, 2.75) is 0 Å². The zero-order chi connectivity index (χ0) is 13.9. The average molecular weight is 296 g/mol. The highest BCUT2D eigenvalue weighted by molar-refractivity contribution is 7.51. The first-order valence-corrected chi connectivity index (χ1v) is 7.85. The van der Waals surface area contributed by atoms with Crippen LogP contribution in [0.1, 0.15) is 5.56 Å². The minimum atomic E-state index is -3.98. The molecule has 3 nitrogen and oxygen atoms in total. The second kappa shape index (κ2) is 5.89. The van der Waals surface area contributed by atoms with Crippen molar-refractivity contribution in [2.24, 2.45) is 0 Å². The molecule has 0 aliphatic heterocycles. The van der Waals surface area contributed by atoms with E-state index in [9.17, 15) is 4.57 Å². The van der Waals surface area contributed by atoms with E-state index in [2.05, 4.69) is 0 Å². The van der Waals surface area contributed by atoms with Crippen molar-refractivity contribution in [1.82, 2.24) is 0 Å². The van der Waals surface area contributed by atoms with E-state index in [0.29, 0.717) is 5.02 Å². The van der Waals surface area contributed by atoms with Crippen molar-refractivity contribution >= 4 is 19.2 Å². The van der Waals surface area contributed by atoms with Gasteiger partial charge in [0.05, 0.1) is 6.16 Å². The second-order valence-electron chi connectivity index (χ2n) is 4.18. The first-order valence-electron chi connectivity index (χ1n) is 5.68. The van der Waals surface area contributed by atoms with Crippen LogP contribution in [0, 0.1) is 6.42 Å². The largest absolute Gasteiger partial charge is 0.326 e. The first-order chi connectivity index (χ1) is 8.94. The third-order valence-electron chi connectivity index (χ3n) is 2.65. The Bertz CT molecular complexity index is 587. The Morgan fingerprint density at radius 1 is 0.947 bits per heavy atom. The lowest BCUT2D eigenvalue weighted by Gasteiger charge is -2.06. The van der Waals surface area contributed by atoms with Gasteiger partial charge in [-0.25, -0.2) is 0 Å². The fourth-order valence-corrected chi connectivity index (χ4v) is 2.25. The summed E-state index contributed by atoms with van der Waals surface area (Å²) in [7, 11) is -3.98. The van der Waals surface area contributed by atoms with Gasteiger partial charge < -0.3 is 9.79 Å². The maximum atomic E-state index is 10.8. The van der Waals surface area contributed by atoms with E-state index in [-0.39, 0.29) is 6.16 Å². The van der Waals surface area contributed by atoms with Crippen molar-refractivity contribution in [1.29, 1.82) is 0 Å². The van der Waals surface area contributed by atoms with Crippen LogP contribution in [0.15, 0.2) is 48.5 Å². The lowest BCUT2D eigenvalue weighted by Crippen LogP contribution is -1.90. The Balaban J connectivity index is 2.10. The number of rotatable bonds is 4. The summed E-state index contributed by atoms with van der Waals surface area (Å²) in [6.07, 6.45) is 1.29. The van der Waals surface area contributed by atoms with Gasteiger partial charge in [0.2, 0.25) is 0 Å². The van der Waals surface area contributed by atoms with E-state index in [1.54, 1.807) is 0 Å². The molecule has 0 saturated carbocycles. The Morgan fingerprint density at radius 3 is 1.89 bits per heavy atom. The van der Waals surface area contributed by atoms with Crippen molar-refractivity contribution in [2.75, 3.05) is 6.16 Å². The Morgan fingerprint density at radius 2 is 1.42 bits per heavy atom. The van der Waals surface area contributed by atoms with Crippen LogP contribution in [0.2, 0.25) is 5.02 Å². The third kappa shape index (κ3) is 4.48. The highest BCUT2D eigenvalue weighted by Gasteiger charge is 2.12. The molecule has 0 fully saturated rings. The highest BCUT2D eigenvalue weighted by atomic mass is 35.5. The molecule has 2 rings (SSSR count). The molecule has 2 aromatic rings. The van der Waals surface area contributed by atoms with Gasteiger partial charge in [0, 0.05) is 11.4 Å². The Labute approximate surface area is 117 Å². The van der Waals surface area contributed by atoms with Gasteiger partial charge in [-0.15, -0.1) is 0 Å². The molecule has 0 aromatic heterocycles. The predicted octanol–water partition coefficient (Wildman–Crippen LogP) is 3.74. The molecule has 0 atom stereocenters. The molecule has 0 spiro atoms. The minimum absolute atomic E-state index is 0.243. The maximum Gasteiger partial charge on any atom is 0.326 e. The quantitative estimate of drug-likeness (QED) is 0.845. The third-order valence-corrected chi connectivity index (χ3v) is 3.56. The van der Waals surface area contributed by atoms with Crippen molar-refractivity contribution in [3.63, 3.8) is 0 Å². The Hall–Kier alpha value is -1.12. The smallest absolute Gasteiger partial charge is 0.324 e. The van der Waals surface area contributed by atoms with Crippen molar-refractivity contribution in [3.8, 4) is 11.1 Å². The van der Waals surface area contributed by atoms with Crippen LogP contribution < -0.4 is 0 Å². The summed E-state index contributed by atoms with van der Waals surface area (Å²) in [5.74, 6) is 0. The van der Waals surface area contributed by atoms with Gasteiger partial charge in [-0.3, -0.25) is 4.57 Å². The molecule has 0 aliphatic carbocycles. The molecule has 0 saturated heterocycles. The summed E-state index contributed by atoms with van der Waals surface area (Å²) in [5.41, 5.74) is 2.87. The van der Waals surface area contributed by atoms with E-state index in [4.69, 9.17) is 21.4 Å². The number of halogens is 1. The highest BCUT2D eigenvalue weighted by Crippen LogP contribution is 2.35. The summed E-state index contributed by atoms with van der Waals surface area (Å²) >= 11 is 5.83. The predicted molar refractivity (Wildman–Crippen MR) is 77.2 cm³/mol. The van der Waals surface area contributed by atoms with Gasteiger partial charge in [-0.2, -0.15) is 0 Å². The van der Waals surface area contributed by atoms with Crippen LogP contribution in [0.25, 0.3) is 11.1 Å². The van der Waals surface area contributed by atoms with Gasteiger partial charge in [0.1, 0.15) is 0 Å². The number of hydrogen-bond acceptors (Lipinski definition) is 1. The molecular weight excluding hydrogens is 283 g/mol. The molecule has 5 heteroatoms. The van der Waals surface area contributed by atoms with Crippen LogP contribution in [-0.4, -0.2) is 15.9 Å². The van der Waals surface area contributed by atoms with E-state index in [1.165, 1.54) is 6.42 Å². The van der Waals surface area contributed by atoms with Gasteiger partial charge >= 0.3 is 7.60 Å². The normalized spacial score (nSPS) is 11.5. The van der Waals surface area contributed by atoms with Crippen molar-refractivity contribution < 1.29 is 14.4 Å². The van der Waals surface area contributed by atoms with Gasteiger partial charge in [-0.05, 0) is 28.8 Å². The average Bonchev–Trinajstić information content (AvgIpc) is 2.37. The number of benzene rings is 2. The van der Waals surface area contributed by atoms with Gasteiger partial charge in [-0.1, -0.05) is 48.0 Å². The van der Waals surface area contributed by atoms with Crippen LogP contribution in [0.5, 0.6) is 0 Å². The fourth-order valence-electron chi connectivity index (χ4n) is 1.68. The molecule has 1 radical (unpaired) electrons.